The van der Waals surface area contributed by atoms with Gasteiger partial charge in [0.1, 0.15) is 0 Å². The molecule has 1 unspecified atom stereocenters. The molecule has 0 spiro atoms. The predicted octanol–water partition coefficient (Wildman–Crippen LogP) is 1.66. The van der Waals surface area contributed by atoms with Gasteiger partial charge in [-0.15, -0.1) is 0 Å². The van der Waals surface area contributed by atoms with Crippen LogP contribution in [0.15, 0.2) is 30.3 Å². The Kier molecular flexibility index (Phi) is 6.24. The minimum absolute atomic E-state index is 0.0877. The molecule has 0 heterocycles. The molecule has 0 aliphatic rings. The Balaban J connectivity index is 2.31. The zero-order valence-corrected chi connectivity index (χ0v) is 9.39. The largest absolute Gasteiger partial charge is 0.396 e. The zero-order chi connectivity index (χ0) is 11.6. The molecular formula is C13H18N2O. The van der Waals surface area contributed by atoms with Crippen molar-refractivity contribution in [1.29, 1.82) is 5.26 Å². The van der Waals surface area contributed by atoms with Crippen LogP contribution in [0.1, 0.15) is 24.3 Å². The van der Waals surface area contributed by atoms with Crippen molar-refractivity contribution < 1.29 is 5.11 Å². The van der Waals surface area contributed by atoms with E-state index in [0.29, 0.717) is 6.54 Å². The third-order valence-electron chi connectivity index (χ3n) is 2.47. The van der Waals surface area contributed by atoms with Crippen LogP contribution in [0.25, 0.3) is 0 Å². The molecule has 1 rings (SSSR count). The fourth-order valence-corrected chi connectivity index (χ4v) is 1.53. The monoisotopic (exact) mass is 218 g/mol. The minimum Gasteiger partial charge on any atom is -0.396 e. The molecule has 86 valence electrons. The van der Waals surface area contributed by atoms with E-state index >= 15 is 0 Å². The van der Waals surface area contributed by atoms with Gasteiger partial charge in [-0.05, 0) is 24.9 Å². The molecule has 0 saturated heterocycles. The summed E-state index contributed by atoms with van der Waals surface area (Å²) in [5, 5.41) is 20.9. The van der Waals surface area contributed by atoms with E-state index in [0.717, 1.165) is 24.9 Å². The number of aliphatic hydroxyl groups excluding tert-OH is 1. The second kappa shape index (κ2) is 7.86. The van der Waals surface area contributed by atoms with Gasteiger partial charge in [-0.2, -0.15) is 5.26 Å². The lowest BCUT2D eigenvalue weighted by molar-refractivity contribution is 0.283. The number of aliphatic hydroxyl groups is 1. The van der Waals surface area contributed by atoms with Crippen molar-refractivity contribution in [3.63, 3.8) is 0 Å². The second-order valence-electron chi connectivity index (χ2n) is 3.73. The molecule has 1 aromatic carbocycles. The van der Waals surface area contributed by atoms with Crippen LogP contribution < -0.4 is 5.32 Å². The lowest BCUT2D eigenvalue weighted by Gasteiger charge is -2.10. The topological polar surface area (TPSA) is 56.0 Å². The summed E-state index contributed by atoms with van der Waals surface area (Å²) in [5.74, 6) is -0.0877. The molecule has 1 aromatic rings. The lowest BCUT2D eigenvalue weighted by Crippen LogP contribution is -2.22. The van der Waals surface area contributed by atoms with Crippen LogP contribution in [0.3, 0.4) is 0 Å². The van der Waals surface area contributed by atoms with Gasteiger partial charge in [-0.1, -0.05) is 30.3 Å². The maximum absolute atomic E-state index is 9.05. The molecule has 3 heteroatoms. The maximum atomic E-state index is 9.05. The van der Waals surface area contributed by atoms with Crippen LogP contribution in [0.2, 0.25) is 0 Å². The smallest absolute Gasteiger partial charge is 0.0837 e. The van der Waals surface area contributed by atoms with E-state index in [-0.39, 0.29) is 12.5 Å². The van der Waals surface area contributed by atoms with Crippen molar-refractivity contribution >= 4 is 0 Å². The van der Waals surface area contributed by atoms with Crippen LogP contribution in [0.4, 0.5) is 0 Å². The van der Waals surface area contributed by atoms with E-state index in [9.17, 15) is 0 Å². The van der Waals surface area contributed by atoms with Gasteiger partial charge >= 0.3 is 0 Å². The molecule has 0 amide bonds. The average molecular weight is 218 g/mol. The van der Waals surface area contributed by atoms with Crippen molar-refractivity contribution in [2.45, 2.75) is 18.8 Å². The van der Waals surface area contributed by atoms with Crippen molar-refractivity contribution in [3.8, 4) is 6.07 Å². The summed E-state index contributed by atoms with van der Waals surface area (Å²) < 4.78 is 0. The van der Waals surface area contributed by atoms with E-state index in [4.69, 9.17) is 10.4 Å². The minimum atomic E-state index is -0.0877. The highest BCUT2D eigenvalue weighted by Crippen LogP contribution is 2.12. The molecule has 0 fully saturated rings. The fourth-order valence-electron chi connectivity index (χ4n) is 1.53. The average Bonchev–Trinajstić information content (AvgIpc) is 2.35. The van der Waals surface area contributed by atoms with Crippen LogP contribution in [0, 0.1) is 11.3 Å². The van der Waals surface area contributed by atoms with Crippen LogP contribution in [-0.4, -0.2) is 24.8 Å². The number of unbranched alkanes of at least 4 members (excludes halogenated alkanes) is 1. The molecule has 0 saturated carbocycles. The molecule has 16 heavy (non-hydrogen) atoms. The Morgan fingerprint density at radius 3 is 2.62 bits per heavy atom. The molecule has 0 aromatic heterocycles. The van der Waals surface area contributed by atoms with E-state index in [1.54, 1.807) is 0 Å². The van der Waals surface area contributed by atoms with Gasteiger partial charge in [0.05, 0.1) is 12.0 Å². The quantitative estimate of drug-likeness (QED) is 0.684. The van der Waals surface area contributed by atoms with E-state index < -0.39 is 0 Å². The Morgan fingerprint density at radius 2 is 2.00 bits per heavy atom. The second-order valence-corrected chi connectivity index (χ2v) is 3.73. The number of rotatable bonds is 7. The van der Waals surface area contributed by atoms with Gasteiger partial charge in [-0.3, -0.25) is 0 Å². The van der Waals surface area contributed by atoms with E-state index in [1.807, 2.05) is 30.3 Å². The van der Waals surface area contributed by atoms with Gasteiger partial charge < -0.3 is 10.4 Å². The molecule has 0 bridgehead atoms. The Morgan fingerprint density at radius 1 is 1.25 bits per heavy atom. The summed E-state index contributed by atoms with van der Waals surface area (Å²) in [7, 11) is 0. The van der Waals surface area contributed by atoms with Gasteiger partial charge in [0, 0.05) is 13.2 Å². The van der Waals surface area contributed by atoms with Gasteiger partial charge in [0.15, 0.2) is 0 Å². The molecule has 2 N–H and O–H groups in total. The number of nitrogens with one attached hydrogen (secondary N) is 1. The number of hydrogen-bond donors (Lipinski definition) is 2. The van der Waals surface area contributed by atoms with Crippen molar-refractivity contribution in [3.05, 3.63) is 35.9 Å². The Hall–Kier alpha value is -1.37. The standard InChI is InChI=1S/C13H18N2O/c14-10-13(11-15-8-4-5-9-16)12-6-2-1-3-7-12/h1-3,6-7,13,15-16H,4-5,8-9,11H2. The van der Waals surface area contributed by atoms with Crippen molar-refractivity contribution in [2.24, 2.45) is 0 Å². The third-order valence-corrected chi connectivity index (χ3v) is 2.47. The summed E-state index contributed by atoms with van der Waals surface area (Å²) in [5.41, 5.74) is 1.06. The lowest BCUT2D eigenvalue weighted by atomic mass is 10.0. The van der Waals surface area contributed by atoms with Crippen LogP contribution in [0.5, 0.6) is 0 Å². The first kappa shape index (κ1) is 12.7. The van der Waals surface area contributed by atoms with Crippen molar-refractivity contribution in [2.75, 3.05) is 19.7 Å². The number of hydrogen-bond acceptors (Lipinski definition) is 3. The fraction of sp³-hybridized carbons (Fsp3) is 0.462. The van der Waals surface area contributed by atoms with Crippen molar-refractivity contribution in [1.82, 2.24) is 5.32 Å². The van der Waals surface area contributed by atoms with Crippen LogP contribution in [-0.2, 0) is 0 Å². The summed E-state index contributed by atoms with van der Waals surface area (Å²) in [6, 6.07) is 12.1. The summed E-state index contributed by atoms with van der Waals surface area (Å²) in [4.78, 5) is 0. The number of nitrogens with zero attached hydrogens (tertiary/aromatic N) is 1. The normalized spacial score (nSPS) is 12.0. The highest BCUT2D eigenvalue weighted by Gasteiger charge is 2.08. The summed E-state index contributed by atoms with van der Waals surface area (Å²) in [6.45, 7) is 1.76. The van der Waals surface area contributed by atoms with Gasteiger partial charge in [0.2, 0.25) is 0 Å². The molecule has 0 aliphatic heterocycles. The van der Waals surface area contributed by atoms with E-state index in [1.165, 1.54) is 0 Å². The molecule has 0 radical (unpaired) electrons. The first-order valence-corrected chi connectivity index (χ1v) is 5.64. The molecular weight excluding hydrogens is 200 g/mol. The molecule has 1 atom stereocenters. The zero-order valence-electron chi connectivity index (χ0n) is 9.39. The number of nitriles is 1. The van der Waals surface area contributed by atoms with Gasteiger partial charge in [0.25, 0.3) is 0 Å². The maximum Gasteiger partial charge on any atom is 0.0837 e. The summed E-state index contributed by atoms with van der Waals surface area (Å²) in [6.07, 6.45) is 1.76. The highest BCUT2D eigenvalue weighted by atomic mass is 16.2. The van der Waals surface area contributed by atoms with Crippen LogP contribution >= 0.6 is 0 Å². The van der Waals surface area contributed by atoms with E-state index in [2.05, 4.69) is 11.4 Å². The summed E-state index contributed by atoms with van der Waals surface area (Å²) >= 11 is 0. The SMILES string of the molecule is N#CC(CNCCCCO)c1ccccc1. The highest BCUT2D eigenvalue weighted by molar-refractivity contribution is 5.24. The predicted molar refractivity (Wildman–Crippen MR) is 64.0 cm³/mol. The first-order chi connectivity index (χ1) is 7.88. The first-order valence-electron chi connectivity index (χ1n) is 5.64. The molecule has 3 nitrogen and oxygen atoms in total. The van der Waals surface area contributed by atoms with Gasteiger partial charge in [-0.25, -0.2) is 0 Å². The third kappa shape index (κ3) is 4.43. The Labute approximate surface area is 96.7 Å². The molecule has 0 aliphatic carbocycles. The Bertz CT molecular complexity index is 318. The number of benzene rings is 1.